The second kappa shape index (κ2) is 7.93. The average molecular weight is 448 g/mol. The molecule has 2 aromatic rings. The molecule has 30 heavy (non-hydrogen) atoms. The molecule has 0 unspecified atom stereocenters. The third-order valence-corrected chi connectivity index (χ3v) is 6.46. The summed E-state index contributed by atoms with van der Waals surface area (Å²) < 4.78 is 7.31. The lowest BCUT2D eigenvalue weighted by molar-refractivity contribution is 0.00448. The maximum Gasteiger partial charge on any atom is 0.410 e. The van der Waals surface area contributed by atoms with Crippen LogP contribution >= 0.6 is 23.2 Å². The Hall–Kier alpha value is -1.98. The number of aromatic nitrogens is 2. The van der Waals surface area contributed by atoms with E-state index in [1.165, 1.54) is 5.57 Å². The number of halogens is 2. The fraction of sp³-hybridized carbons (Fsp3) is 0.478. The third kappa shape index (κ3) is 4.37. The van der Waals surface area contributed by atoms with E-state index in [1.807, 2.05) is 49.9 Å². The Morgan fingerprint density at radius 3 is 2.37 bits per heavy atom. The predicted molar refractivity (Wildman–Crippen MR) is 120 cm³/mol. The Bertz CT molecular complexity index is 952. The van der Waals surface area contributed by atoms with Crippen LogP contribution in [0.25, 0.3) is 11.8 Å². The van der Waals surface area contributed by atoms with Gasteiger partial charge in [0.2, 0.25) is 0 Å². The second-order valence-corrected chi connectivity index (χ2v) is 10.2. The number of para-hydroxylation sites is 1. The Balaban J connectivity index is 1.41. The molecule has 7 heteroatoms. The van der Waals surface area contributed by atoms with E-state index in [2.05, 4.69) is 11.2 Å². The smallest absolute Gasteiger partial charge is 0.410 e. The molecule has 2 aliphatic rings. The Labute approximate surface area is 187 Å². The molecular weight excluding hydrogens is 421 g/mol. The Kier molecular flexibility index (Phi) is 5.62. The van der Waals surface area contributed by atoms with Crippen LogP contribution in [0.4, 0.5) is 4.79 Å². The largest absolute Gasteiger partial charge is 0.444 e. The van der Waals surface area contributed by atoms with Crippen molar-refractivity contribution in [3.8, 4) is 5.69 Å². The molecule has 0 radical (unpaired) electrons. The van der Waals surface area contributed by atoms with E-state index in [-0.39, 0.29) is 6.09 Å². The van der Waals surface area contributed by atoms with Crippen LogP contribution in [-0.4, -0.2) is 39.5 Å². The quantitative estimate of drug-likeness (QED) is 0.536. The van der Waals surface area contributed by atoms with E-state index >= 15 is 0 Å². The lowest BCUT2D eigenvalue weighted by Crippen LogP contribution is -2.47. The molecule has 0 bridgehead atoms. The predicted octanol–water partition coefficient (Wildman–Crippen LogP) is 6.37. The van der Waals surface area contributed by atoms with Crippen molar-refractivity contribution < 1.29 is 9.53 Å². The number of piperidine rings is 1. The number of allylic oxidation sites excluding steroid dienone is 1. The van der Waals surface area contributed by atoms with Crippen molar-refractivity contribution >= 4 is 35.4 Å². The van der Waals surface area contributed by atoms with Gasteiger partial charge in [-0.05, 0) is 76.1 Å². The minimum Gasteiger partial charge on any atom is -0.444 e. The molecule has 1 aliphatic carbocycles. The molecule has 1 aliphatic heterocycles. The maximum atomic E-state index is 12.3. The lowest BCUT2D eigenvalue weighted by Gasteiger charge is -2.49. The molecule has 0 N–H and O–H groups in total. The van der Waals surface area contributed by atoms with Gasteiger partial charge in [-0.25, -0.2) is 9.48 Å². The maximum absolute atomic E-state index is 12.3. The highest BCUT2D eigenvalue weighted by molar-refractivity contribution is 6.37. The van der Waals surface area contributed by atoms with Crippen LogP contribution in [0.3, 0.4) is 0 Å². The van der Waals surface area contributed by atoms with Crippen LogP contribution < -0.4 is 0 Å². The minimum absolute atomic E-state index is 0.201. The van der Waals surface area contributed by atoms with Crippen LogP contribution in [0.5, 0.6) is 0 Å². The van der Waals surface area contributed by atoms with Crippen LogP contribution in [0, 0.1) is 5.41 Å². The van der Waals surface area contributed by atoms with Crippen molar-refractivity contribution in [1.29, 1.82) is 0 Å². The topological polar surface area (TPSA) is 47.4 Å². The van der Waals surface area contributed by atoms with Gasteiger partial charge in [0.25, 0.3) is 0 Å². The van der Waals surface area contributed by atoms with Crippen LogP contribution in [0.2, 0.25) is 10.0 Å². The van der Waals surface area contributed by atoms with Gasteiger partial charge in [-0.1, -0.05) is 34.8 Å². The number of carbonyl (C=O) groups is 1. The van der Waals surface area contributed by atoms with E-state index in [1.54, 1.807) is 10.9 Å². The van der Waals surface area contributed by atoms with Crippen molar-refractivity contribution in [3.05, 3.63) is 51.8 Å². The van der Waals surface area contributed by atoms with Gasteiger partial charge in [-0.3, -0.25) is 0 Å². The van der Waals surface area contributed by atoms with Crippen LogP contribution in [0.1, 0.15) is 52.1 Å². The Morgan fingerprint density at radius 2 is 1.77 bits per heavy atom. The molecule has 160 valence electrons. The van der Waals surface area contributed by atoms with Crippen molar-refractivity contribution in [3.63, 3.8) is 0 Å². The molecule has 1 spiro atoms. The van der Waals surface area contributed by atoms with Crippen molar-refractivity contribution in [1.82, 2.24) is 14.7 Å². The summed E-state index contributed by atoms with van der Waals surface area (Å²) in [6, 6.07) is 7.44. The summed E-state index contributed by atoms with van der Waals surface area (Å²) >= 11 is 12.7. The summed E-state index contributed by atoms with van der Waals surface area (Å²) in [4.78, 5) is 14.1. The van der Waals surface area contributed by atoms with Crippen molar-refractivity contribution in [2.45, 2.75) is 52.1 Å². The molecule has 1 saturated carbocycles. The molecule has 2 fully saturated rings. The number of benzene rings is 1. The van der Waals surface area contributed by atoms with Gasteiger partial charge in [-0.15, -0.1) is 0 Å². The Morgan fingerprint density at radius 1 is 1.13 bits per heavy atom. The van der Waals surface area contributed by atoms with Gasteiger partial charge in [-0.2, -0.15) is 5.10 Å². The fourth-order valence-corrected chi connectivity index (χ4v) is 4.93. The highest BCUT2D eigenvalue weighted by Gasteiger charge is 2.44. The molecule has 2 heterocycles. The molecule has 5 nitrogen and oxygen atoms in total. The molecule has 0 atom stereocenters. The molecule has 1 saturated heterocycles. The van der Waals surface area contributed by atoms with E-state index in [0.717, 1.165) is 44.5 Å². The molecule has 4 rings (SSSR count). The summed E-state index contributed by atoms with van der Waals surface area (Å²) in [6.45, 7) is 7.23. The molecule has 1 aromatic carbocycles. The van der Waals surface area contributed by atoms with Gasteiger partial charge < -0.3 is 9.64 Å². The summed E-state index contributed by atoms with van der Waals surface area (Å²) in [5, 5.41) is 5.58. The number of rotatable bonds is 2. The number of hydrogen-bond acceptors (Lipinski definition) is 3. The standard InChI is InChI=1S/C23H27Cl2N3O2/c1-22(2,3)30-21(29)27-11-8-23(9-12-27)14-16(15-23)13-17-7-10-26-28(17)20-18(24)5-4-6-19(20)25/h4-7,10,13H,8-9,11-12,14-15H2,1-3H3. The molecule has 1 amide bonds. The van der Waals surface area contributed by atoms with Gasteiger partial charge in [0.05, 0.1) is 21.9 Å². The highest BCUT2D eigenvalue weighted by Crippen LogP contribution is 2.53. The zero-order valence-electron chi connectivity index (χ0n) is 17.6. The van der Waals surface area contributed by atoms with Gasteiger partial charge in [0.1, 0.15) is 11.3 Å². The lowest BCUT2D eigenvalue weighted by atomic mass is 9.60. The van der Waals surface area contributed by atoms with Gasteiger partial charge >= 0.3 is 6.09 Å². The second-order valence-electron chi connectivity index (χ2n) is 9.36. The van der Waals surface area contributed by atoms with E-state index in [4.69, 9.17) is 27.9 Å². The average Bonchev–Trinajstić information content (AvgIpc) is 3.07. The first-order valence-electron chi connectivity index (χ1n) is 10.3. The van der Waals surface area contributed by atoms with Crippen LogP contribution in [-0.2, 0) is 4.74 Å². The van der Waals surface area contributed by atoms with E-state index in [9.17, 15) is 4.79 Å². The SMILES string of the molecule is CC(C)(C)OC(=O)N1CCC2(CC1)CC(=Cc1ccnn1-c1c(Cl)cccc1Cl)C2. The minimum atomic E-state index is -0.452. The first kappa shape index (κ1) is 21.3. The number of carbonyl (C=O) groups excluding carboxylic acids is 1. The first-order valence-corrected chi connectivity index (χ1v) is 11.1. The van der Waals surface area contributed by atoms with Crippen LogP contribution in [0.15, 0.2) is 36.0 Å². The summed E-state index contributed by atoms with van der Waals surface area (Å²) in [5.41, 5.74) is 2.92. The van der Waals surface area contributed by atoms with E-state index in [0.29, 0.717) is 21.1 Å². The summed E-state index contributed by atoms with van der Waals surface area (Å²) in [7, 11) is 0. The van der Waals surface area contributed by atoms with Crippen molar-refractivity contribution in [2.75, 3.05) is 13.1 Å². The van der Waals surface area contributed by atoms with Gasteiger partial charge in [0.15, 0.2) is 0 Å². The third-order valence-electron chi connectivity index (χ3n) is 5.85. The summed E-state index contributed by atoms with van der Waals surface area (Å²) in [5.74, 6) is 0. The zero-order chi connectivity index (χ0) is 21.5. The number of hydrogen-bond donors (Lipinski definition) is 0. The number of amides is 1. The zero-order valence-corrected chi connectivity index (χ0v) is 19.1. The summed E-state index contributed by atoms with van der Waals surface area (Å²) in [6.07, 6.45) is 7.89. The number of ether oxygens (including phenoxy) is 1. The van der Waals surface area contributed by atoms with E-state index < -0.39 is 5.60 Å². The number of nitrogens with zero attached hydrogens (tertiary/aromatic N) is 3. The molecular formula is C23H27Cl2N3O2. The normalized spacial score (nSPS) is 18.3. The first-order chi connectivity index (χ1) is 14.2. The fourth-order valence-electron chi connectivity index (χ4n) is 4.37. The number of likely N-dealkylation sites (tertiary alicyclic amines) is 1. The van der Waals surface area contributed by atoms with Crippen molar-refractivity contribution in [2.24, 2.45) is 5.41 Å². The van der Waals surface area contributed by atoms with Gasteiger partial charge in [0, 0.05) is 13.1 Å². The highest BCUT2D eigenvalue weighted by atomic mass is 35.5. The monoisotopic (exact) mass is 447 g/mol. The molecule has 1 aromatic heterocycles.